The first-order valence-corrected chi connectivity index (χ1v) is 13.4. The number of fused-ring (bicyclic) bond motifs is 1. The van der Waals surface area contributed by atoms with Crippen molar-refractivity contribution in [2.45, 2.75) is 52.7 Å². The Labute approximate surface area is 211 Å². The zero-order valence-corrected chi connectivity index (χ0v) is 21.7. The maximum atomic E-state index is 13.7. The van der Waals surface area contributed by atoms with E-state index in [9.17, 15) is 22.4 Å². The molecule has 0 radical (unpaired) electrons. The number of hydrogen-bond donors (Lipinski definition) is 1. The van der Waals surface area contributed by atoms with Crippen molar-refractivity contribution in [3.05, 3.63) is 53.8 Å². The lowest BCUT2D eigenvalue weighted by atomic mass is 10.1. The van der Waals surface area contributed by atoms with E-state index in [1.54, 1.807) is 19.1 Å². The standard InChI is InChI=1S/C25H32FN3O6S/c1-5-21(25(31)27-17(3)4)28(14-18-7-9-19(26)10-8-18)24(30)15-29(36(32,33)6-2)20-11-12-22-23(13-20)35-16-34-22/h7-13,17,21H,5-6,14-16H2,1-4H3,(H,27,31). The first-order chi connectivity index (χ1) is 17.1. The molecule has 0 spiro atoms. The van der Waals surface area contributed by atoms with E-state index in [-0.39, 0.29) is 36.7 Å². The fourth-order valence-corrected chi connectivity index (χ4v) is 4.90. The summed E-state index contributed by atoms with van der Waals surface area (Å²) in [5.41, 5.74) is 0.851. The molecule has 1 aliphatic heterocycles. The fourth-order valence-electron chi connectivity index (χ4n) is 3.85. The molecule has 9 nitrogen and oxygen atoms in total. The Morgan fingerprint density at radius 1 is 1.06 bits per heavy atom. The van der Waals surface area contributed by atoms with Gasteiger partial charge < -0.3 is 19.7 Å². The Balaban J connectivity index is 1.97. The minimum atomic E-state index is -3.87. The number of nitrogens with one attached hydrogen (secondary N) is 1. The molecule has 1 atom stereocenters. The van der Waals surface area contributed by atoms with Crippen LogP contribution in [0.1, 0.15) is 39.7 Å². The number of carbonyl (C=O) groups excluding carboxylic acids is 2. The Hall–Kier alpha value is -3.34. The number of hydrogen-bond acceptors (Lipinski definition) is 6. The summed E-state index contributed by atoms with van der Waals surface area (Å²) in [6, 6.07) is 9.23. The van der Waals surface area contributed by atoms with Gasteiger partial charge in [-0.05, 0) is 57.0 Å². The van der Waals surface area contributed by atoms with Crippen molar-refractivity contribution in [3.63, 3.8) is 0 Å². The number of anilines is 1. The summed E-state index contributed by atoms with van der Waals surface area (Å²) in [7, 11) is -3.87. The van der Waals surface area contributed by atoms with Crippen molar-refractivity contribution >= 4 is 27.5 Å². The van der Waals surface area contributed by atoms with Crippen LogP contribution in [0.2, 0.25) is 0 Å². The highest BCUT2D eigenvalue weighted by atomic mass is 32.2. The second kappa shape index (κ2) is 11.6. The molecule has 1 aliphatic rings. The molecule has 0 saturated heterocycles. The Morgan fingerprint density at radius 2 is 1.72 bits per heavy atom. The third kappa shape index (κ3) is 6.45. The lowest BCUT2D eigenvalue weighted by Crippen LogP contribution is -2.53. The summed E-state index contributed by atoms with van der Waals surface area (Å²) in [6.45, 7) is 6.38. The number of amides is 2. The summed E-state index contributed by atoms with van der Waals surface area (Å²) in [4.78, 5) is 28.0. The molecule has 1 N–H and O–H groups in total. The molecule has 11 heteroatoms. The van der Waals surface area contributed by atoms with Crippen molar-refractivity contribution in [3.8, 4) is 11.5 Å². The molecule has 1 unspecified atom stereocenters. The molecule has 1 heterocycles. The molecular weight excluding hydrogens is 489 g/mol. The average Bonchev–Trinajstić information content (AvgIpc) is 3.31. The number of sulfonamides is 1. The molecule has 0 saturated carbocycles. The van der Waals surface area contributed by atoms with Gasteiger partial charge in [-0.25, -0.2) is 12.8 Å². The Morgan fingerprint density at radius 3 is 2.33 bits per heavy atom. The monoisotopic (exact) mass is 521 g/mol. The smallest absolute Gasteiger partial charge is 0.244 e. The van der Waals surface area contributed by atoms with E-state index < -0.39 is 34.3 Å². The molecule has 3 rings (SSSR count). The minimum absolute atomic E-state index is 0.00425. The lowest BCUT2D eigenvalue weighted by molar-refractivity contribution is -0.140. The second-order valence-corrected chi connectivity index (χ2v) is 10.9. The summed E-state index contributed by atoms with van der Waals surface area (Å²) in [5, 5.41) is 2.82. The topological polar surface area (TPSA) is 105 Å². The van der Waals surface area contributed by atoms with E-state index >= 15 is 0 Å². The van der Waals surface area contributed by atoms with E-state index in [4.69, 9.17) is 9.47 Å². The van der Waals surface area contributed by atoms with Gasteiger partial charge in [0, 0.05) is 18.7 Å². The van der Waals surface area contributed by atoms with Gasteiger partial charge in [0.15, 0.2) is 11.5 Å². The van der Waals surface area contributed by atoms with Gasteiger partial charge in [-0.1, -0.05) is 19.1 Å². The normalized spacial score (nSPS) is 13.4. The van der Waals surface area contributed by atoms with Crippen LogP contribution in [0.3, 0.4) is 0 Å². The summed E-state index contributed by atoms with van der Waals surface area (Å²) in [6.07, 6.45) is 0.302. The summed E-state index contributed by atoms with van der Waals surface area (Å²) >= 11 is 0. The second-order valence-electron chi connectivity index (χ2n) is 8.68. The van der Waals surface area contributed by atoms with Crippen molar-refractivity contribution in [2.75, 3.05) is 23.4 Å². The molecule has 196 valence electrons. The van der Waals surface area contributed by atoms with Gasteiger partial charge in [-0.2, -0.15) is 0 Å². The molecule has 36 heavy (non-hydrogen) atoms. The van der Waals surface area contributed by atoms with Crippen molar-refractivity contribution in [1.29, 1.82) is 0 Å². The molecule has 0 aromatic heterocycles. The third-order valence-electron chi connectivity index (χ3n) is 5.71. The highest BCUT2D eigenvalue weighted by Crippen LogP contribution is 2.36. The van der Waals surface area contributed by atoms with Crippen LogP contribution >= 0.6 is 0 Å². The van der Waals surface area contributed by atoms with Crippen LogP contribution in [0.15, 0.2) is 42.5 Å². The molecular formula is C25H32FN3O6S. The van der Waals surface area contributed by atoms with Crippen LogP contribution < -0.4 is 19.1 Å². The van der Waals surface area contributed by atoms with Gasteiger partial charge in [-0.3, -0.25) is 13.9 Å². The zero-order valence-electron chi connectivity index (χ0n) is 20.9. The first-order valence-electron chi connectivity index (χ1n) is 11.8. The summed E-state index contributed by atoms with van der Waals surface area (Å²) < 4.78 is 51.2. The summed E-state index contributed by atoms with van der Waals surface area (Å²) in [5.74, 6) is -0.729. The predicted octanol–water partition coefficient (Wildman–Crippen LogP) is 3.04. The highest BCUT2D eigenvalue weighted by Gasteiger charge is 2.33. The van der Waals surface area contributed by atoms with Gasteiger partial charge >= 0.3 is 0 Å². The lowest BCUT2D eigenvalue weighted by Gasteiger charge is -2.33. The highest BCUT2D eigenvalue weighted by molar-refractivity contribution is 7.92. The van der Waals surface area contributed by atoms with Crippen LogP contribution in [0, 0.1) is 5.82 Å². The van der Waals surface area contributed by atoms with E-state index in [0.29, 0.717) is 23.5 Å². The number of ether oxygens (including phenoxy) is 2. The average molecular weight is 522 g/mol. The van der Waals surface area contributed by atoms with Gasteiger partial charge in [0.25, 0.3) is 0 Å². The van der Waals surface area contributed by atoms with Gasteiger partial charge in [0.05, 0.1) is 11.4 Å². The molecule has 0 bridgehead atoms. The van der Waals surface area contributed by atoms with Gasteiger partial charge in [-0.15, -0.1) is 0 Å². The largest absolute Gasteiger partial charge is 0.454 e. The number of carbonyl (C=O) groups is 2. The van der Waals surface area contributed by atoms with Gasteiger partial charge in [0.2, 0.25) is 28.6 Å². The van der Waals surface area contributed by atoms with Crippen LogP contribution in [-0.4, -0.2) is 56.3 Å². The first kappa shape index (κ1) is 27.3. The van der Waals surface area contributed by atoms with Crippen LogP contribution in [0.25, 0.3) is 0 Å². The van der Waals surface area contributed by atoms with E-state index in [2.05, 4.69) is 5.32 Å². The molecule has 0 aliphatic carbocycles. The molecule has 2 aromatic rings. The molecule has 2 aromatic carbocycles. The quantitative estimate of drug-likeness (QED) is 0.487. The fraction of sp³-hybridized carbons (Fsp3) is 0.440. The third-order valence-corrected chi connectivity index (χ3v) is 7.45. The van der Waals surface area contributed by atoms with Crippen molar-refractivity contribution in [1.82, 2.24) is 10.2 Å². The Bertz CT molecular complexity index is 1190. The van der Waals surface area contributed by atoms with Crippen LogP contribution in [-0.2, 0) is 26.2 Å². The SMILES string of the molecule is CCC(C(=O)NC(C)C)N(Cc1ccc(F)cc1)C(=O)CN(c1ccc2c(c1)OCO2)S(=O)(=O)CC. The maximum absolute atomic E-state index is 13.7. The van der Waals surface area contributed by atoms with E-state index in [0.717, 1.165) is 4.31 Å². The van der Waals surface area contributed by atoms with Gasteiger partial charge in [0.1, 0.15) is 18.4 Å². The number of halogens is 1. The van der Waals surface area contributed by atoms with E-state index in [1.807, 2.05) is 13.8 Å². The predicted molar refractivity (Wildman–Crippen MR) is 134 cm³/mol. The number of benzene rings is 2. The van der Waals surface area contributed by atoms with Crippen molar-refractivity contribution in [2.24, 2.45) is 0 Å². The number of rotatable bonds is 11. The molecule has 2 amide bonds. The number of nitrogens with zero attached hydrogens (tertiary/aromatic N) is 2. The van der Waals surface area contributed by atoms with E-state index in [1.165, 1.54) is 42.2 Å². The zero-order chi connectivity index (χ0) is 26.5. The van der Waals surface area contributed by atoms with Crippen LogP contribution in [0.5, 0.6) is 11.5 Å². The minimum Gasteiger partial charge on any atom is -0.454 e. The van der Waals surface area contributed by atoms with Crippen molar-refractivity contribution < 1.29 is 31.9 Å². The molecule has 0 fully saturated rings. The maximum Gasteiger partial charge on any atom is 0.244 e. The van der Waals surface area contributed by atoms with Crippen LogP contribution in [0.4, 0.5) is 10.1 Å². The Kier molecular flexibility index (Phi) is 8.78.